The van der Waals surface area contributed by atoms with Crippen molar-refractivity contribution in [3.05, 3.63) is 70.8 Å². The summed E-state index contributed by atoms with van der Waals surface area (Å²) in [7, 11) is 0. The first-order valence-corrected chi connectivity index (χ1v) is 6.93. The maximum atomic E-state index is 2.33. The van der Waals surface area contributed by atoms with Crippen molar-refractivity contribution in [2.75, 3.05) is 0 Å². The molecule has 0 saturated heterocycles. The van der Waals surface area contributed by atoms with Crippen molar-refractivity contribution in [1.29, 1.82) is 0 Å². The van der Waals surface area contributed by atoms with Crippen molar-refractivity contribution in [3.8, 4) is 0 Å². The highest BCUT2D eigenvalue weighted by molar-refractivity contribution is 5.76. The number of benzene rings is 2. The van der Waals surface area contributed by atoms with Crippen LogP contribution in [0.2, 0.25) is 0 Å². The molecule has 0 bridgehead atoms. The van der Waals surface area contributed by atoms with Crippen LogP contribution in [-0.2, 0) is 0 Å². The van der Waals surface area contributed by atoms with Crippen LogP contribution < -0.4 is 0 Å². The standard InChI is InChI=1S/C19H20/c1-19(2,3)18-16-10-6-4-8-14(16)12-13-15-9-5-7-11-17(15)18/h4-13,18H,1-3H3. The minimum absolute atomic E-state index is 0.207. The Balaban J connectivity index is 2.31. The number of hydrogen-bond donors (Lipinski definition) is 0. The second-order valence-corrected chi connectivity index (χ2v) is 6.39. The molecule has 19 heavy (non-hydrogen) atoms. The van der Waals surface area contributed by atoms with Crippen LogP contribution in [0.1, 0.15) is 48.9 Å². The van der Waals surface area contributed by atoms with Crippen molar-refractivity contribution >= 4 is 12.2 Å². The lowest BCUT2D eigenvalue weighted by Crippen LogP contribution is -2.20. The average molecular weight is 248 g/mol. The van der Waals surface area contributed by atoms with Gasteiger partial charge in [0.15, 0.2) is 0 Å². The van der Waals surface area contributed by atoms with Crippen LogP contribution in [0.3, 0.4) is 0 Å². The molecule has 2 aromatic rings. The molecule has 1 aliphatic rings. The van der Waals surface area contributed by atoms with Crippen LogP contribution in [0.25, 0.3) is 12.2 Å². The van der Waals surface area contributed by atoms with E-state index in [1.165, 1.54) is 22.3 Å². The molecule has 0 N–H and O–H groups in total. The lowest BCUT2D eigenvalue weighted by molar-refractivity contribution is 0.358. The highest BCUT2D eigenvalue weighted by Crippen LogP contribution is 2.45. The molecule has 0 aromatic heterocycles. The van der Waals surface area contributed by atoms with Crippen molar-refractivity contribution in [2.24, 2.45) is 5.41 Å². The zero-order chi connectivity index (χ0) is 13.5. The molecule has 0 amide bonds. The Hall–Kier alpha value is -1.82. The smallest absolute Gasteiger partial charge is 0.0150 e. The van der Waals surface area contributed by atoms with Crippen molar-refractivity contribution in [3.63, 3.8) is 0 Å². The minimum atomic E-state index is 0.207. The maximum absolute atomic E-state index is 2.33. The van der Waals surface area contributed by atoms with E-state index in [9.17, 15) is 0 Å². The second kappa shape index (κ2) is 4.38. The summed E-state index contributed by atoms with van der Waals surface area (Å²) in [6.45, 7) is 6.99. The van der Waals surface area contributed by atoms with E-state index < -0.39 is 0 Å². The molecule has 2 aromatic carbocycles. The summed E-state index contributed by atoms with van der Waals surface area (Å²) < 4.78 is 0. The SMILES string of the molecule is CC(C)(C)C1c2ccccc2C=Cc2ccccc21. The van der Waals surface area contributed by atoms with Gasteiger partial charge in [-0.05, 0) is 27.7 Å². The molecule has 0 atom stereocenters. The fourth-order valence-electron chi connectivity index (χ4n) is 3.13. The Bertz CT molecular complexity index is 577. The van der Waals surface area contributed by atoms with Gasteiger partial charge in [-0.15, -0.1) is 0 Å². The number of hydrogen-bond acceptors (Lipinski definition) is 0. The summed E-state index contributed by atoms with van der Waals surface area (Å²) in [5.74, 6) is 0.440. The zero-order valence-corrected chi connectivity index (χ0v) is 11.9. The van der Waals surface area contributed by atoms with E-state index >= 15 is 0 Å². The van der Waals surface area contributed by atoms with Gasteiger partial charge in [0, 0.05) is 5.92 Å². The van der Waals surface area contributed by atoms with Gasteiger partial charge in [0.1, 0.15) is 0 Å². The van der Waals surface area contributed by atoms with Gasteiger partial charge in [0.25, 0.3) is 0 Å². The van der Waals surface area contributed by atoms with E-state index in [1.54, 1.807) is 0 Å². The predicted octanol–water partition coefficient (Wildman–Crippen LogP) is 5.35. The molecule has 1 aliphatic carbocycles. The van der Waals surface area contributed by atoms with Crippen molar-refractivity contribution in [2.45, 2.75) is 26.7 Å². The van der Waals surface area contributed by atoms with Crippen LogP contribution in [0.15, 0.2) is 48.5 Å². The Morgan fingerprint density at radius 1 is 0.684 bits per heavy atom. The molecule has 0 heterocycles. The number of rotatable bonds is 0. The van der Waals surface area contributed by atoms with Crippen LogP contribution in [0, 0.1) is 5.41 Å². The molecule has 0 heteroatoms. The van der Waals surface area contributed by atoms with Gasteiger partial charge in [0.2, 0.25) is 0 Å². The van der Waals surface area contributed by atoms with E-state index in [0.29, 0.717) is 5.92 Å². The maximum Gasteiger partial charge on any atom is 0.0150 e. The van der Waals surface area contributed by atoms with Gasteiger partial charge in [-0.1, -0.05) is 81.5 Å². The second-order valence-electron chi connectivity index (χ2n) is 6.39. The summed E-state index contributed by atoms with van der Waals surface area (Å²) in [6, 6.07) is 17.5. The highest BCUT2D eigenvalue weighted by Gasteiger charge is 2.31. The zero-order valence-electron chi connectivity index (χ0n) is 11.9. The topological polar surface area (TPSA) is 0 Å². The largest absolute Gasteiger partial charge is 0.0619 e. The molecule has 96 valence electrons. The molecule has 0 fully saturated rings. The summed E-state index contributed by atoms with van der Waals surface area (Å²) in [5, 5.41) is 0. The Morgan fingerprint density at radius 3 is 1.53 bits per heavy atom. The Kier molecular flexibility index (Phi) is 2.82. The molecule has 0 aliphatic heterocycles. The molecule has 0 saturated carbocycles. The van der Waals surface area contributed by atoms with Gasteiger partial charge < -0.3 is 0 Å². The van der Waals surface area contributed by atoms with Crippen molar-refractivity contribution in [1.82, 2.24) is 0 Å². The predicted molar refractivity (Wildman–Crippen MR) is 83.1 cm³/mol. The third-order valence-corrected chi connectivity index (χ3v) is 3.92. The summed E-state index contributed by atoms with van der Waals surface area (Å²) in [6.07, 6.45) is 4.50. The van der Waals surface area contributed by atoms with Gasteiger partial charge in [-0.25, -0.2) is 0 Å². The first-order chi connectivity index (χ1) is 9.07. The average Bonchev–Trinajstić information content (AvgIpc) is 2.54. The molecular formula is C19H20. The molecule has 3 rings (SSSR count). The van der Waals surface area contributed by atoms with E-state index in [1.807, 2.05) is 0 Å². The molecular weight excluding hydrogens is 228 g/mol. The normalized spacial score (nSPS) is 14.7. The third-order valence-electron chi connectivity index (χ3n) is 3.92. The Morgan fingerprint density at radius 2 is 1.11 bits per heavy atom. The van der Waals surface area contributed by atoms with E-state index in [4.69, 9.17) is 0 Å². The quantitative estimate of drug-likeness (QED) is 0.589. The Labute approximate surface area is 115 Å². The third kappa shape index (κ3) is 2.12. The fraction of sp³-hybridized carbons (Fsp3) is 0.263. The van der Waals surface area contributed by atoms with E-state index in [0.717, 1.165) is 0 Å². The highest BCUT2D eigenvalue weighted by atomic mass is 14.3. The van der Waals surface area contributed by atoms with Crippen LogP contribution in [0.5, 0.6) is 0 Å². The van der Waals surface area contributed by atoms with Gasteiger partial charge in [0.05, 0.1) is 0 Å². The van der Waals surface area contributed by atoms with E-state index in [2.05, 4.69) is 81.5 Å². The first-order valence-electron chi connectivity index (χ1n) is 6.93. The first kappa shape index (κ1) is 12.2. The molecule has 0 unspecified atom stereocenters. The minimum Gasteiger partial charge on any atom is -0.0619 e. The van der Waals surface area contributed by atoms with Crippen LogP contribution in [0.4, 0.5) is 0 Å². The van der Waals surface area contributed by atoms with Crippen molar-refractivity contribution < 1.29 is 0 Å². The van der Waals surface area contributed by atoms with Crippen LogP contribution in [-0.4, -0.2) is 0 Å². The lowest BCUT2D eigenvalue weighted by atomic mass is 9.71. The number of fused-ring (bicyclic) bond motifs is 2. The molecule has 0 radical (unpaired) electrons. The molecule has 0 nitrogen and oxygen atoms in total. The summed E-state index contributed by atoms with van der Waals surface area (Å²) >= 11 is 0. The van der Waals surface area contributed by atoms with Gasteiger partial charge in [-0.3, -0.25) is 0 Å². The van der Waals surface area contributed by atoms with E-state index in [-0.39, 0.29) is 5.41 Å². The lowest BCUT2D eigenvalue weighted by Gasteiger charge is -2.33. The van der Waals surface area contributed by atoms with Gasteiger partial charge >= 0.3 is 0 Å². The monoisotopic (exact) mass is 248 g/mol. The summed E-state index contributed by atoms with van der Waals surface area (Å²) in [4.78, 5) is 0. The van der Waals surface area contributed by atoms with Gasteiger partial charge in [-0.2, -0.15) is 0 Å². The molecule has 0 spiro atoms. The fourth-order valence-corrected chi connectivity index (χ4v) is 3.13. The van der Waals surface area contributed by atoms with Crippen LogP contribution >= 0.6 is 0 Å². The summed E-state index contributed by atoms with van der Waals surface area (Å²) in [5.41, 5.74) is 5.78.